The molecule has 0 fully saturated rings. The highest BCUT2D eigenvalue weighted by Gasteiger charge is 2.33. The molecule has 0 unspecified atom stereocenters. The Balaban J connectivity index is 5.25. The minimum absolute atomic E-state index is 0.0364. The van der Waals surface area contributed by atoms with Crippen LogP contribution in [0.2, 0.25) is 0 Å². The van der Waals surface area contributed by atoms with Gasteiger partial charge in [0.25, 0.3) is 0 Å². The molecule has 0 aromatic heterocycles. The molecule has 0 aromatic carbocycles. The summed E-state index contributed by atoms with van der Waals surface area (Å²) in [7, 11) is 0. The van der Waals surface area contributed by atoms with E-state index in [0.717, 1.165) is 6.92 Å². The monoisotopic (exact) mass is 1470 g/mol. The lowest BCUT2D eigenvalue weighted by molar-refractivity contribution is -0.145. The lowest BCUT2D eigenvalue weighted by Crippen LogP contribution is -2.45. The number of carbonyl (C=O) groups is 22. The second kappa shape index (κ2) is 49.0. The molecule has 0 rings (SSSR count). The van der Waals surface area contributed by atoms with E-state index in [1.807, 2.05) is 10.6 Å². The topological polar surface area (TPSA) is 662 Å². The van der Waals surface area contributed by atoms with Crippen LogP contribution in [0.15, 0.2) is 0 Å². The summed E-state index contributed by atoms with van der Waals surface area (Å²) in [5, 5.41) is 112. The Labute approximate surface area is 588 Å². The SMILES string of the molecule is CC(=O)C[C@@H](CCC(=O)N[C@@H](CCC(=O)C[C@@H](CCC(=O)N[C@@H](CCC(=O)N[C@@H](CCC(=O)N[C@@H](CCC(=O)C[C@@H](CCC(=O)N[C@@H](CCC(=O)C[C@@H](CCC(=O)N[C@@H](CCC(=O)NCCCC[C@H](C)C(C)=O)C(=O)O)C(=O)O)C(=O)O)C(=O)O)C(=O)O)C(=O)O)C(=O)O)C(=O)O)C(=O)O)C(=O)O. The van der Waals surface area contributed by atoms with E-state index >= 15 is 0 Å². The van der Waals surface area contributed by atoms with Crippen LogP contribution in [0.5, 0.6) is 0 Å². The highest BCUT2D eigenvalue weighted by molar-refractivity contribution is 5.92. The second-order valence-electron chi connectivity index (χ2n) is 24.8. The summed E-state index contributed by atoms with van der Waals surface area (Å²) in [6.07, 6.45) is -12.2. The van der Waals surface area contributed by atoms with Gasteiger partial charge in [-0.25, -0.2) is 28.8 Å². The molecular formula is C64H93N7O32. The van der Waals surface area contributed by atoms with Crippen LogP contribution >= 0.6 is 0 Å². The lowest BCUT2D eigenvalue weighted by Gasteiger charge is -2.18. The van der Waals surface area contributed by atoms with Crippen molar-refractivity contribution in [1.29, 1.82) is 0 Å². The van der Waals surface area contributed by atoms with Crippen molar-refractivity contribution in [3.63, 3.8) is 0 Å². The summed E-state index contributed by atoms with van der Waals surface area (Å²) in [5.74, 6) is -31.4. The summed E-state index contributed by atoms with van der Waals surface area (Å²) >= 11 is 0. The zero-order valence-electron chi connectivity index (χ0n) is 57.1. The molecule has 39 heteroatoms. The summed E-state index contributed by atoms with van der Waals surface area (Å²) in [6, 6.07) is -10.5. The van der Waals surface area contributed by atoms with Crippen molar-refractivity contribution in [2.24, 2.45) is 29.6 Å². The number of rotatable bonds is 60. The number of hydrogen-bond donors (Lipinski definition) is 17. The summed E-state index contributed by atoms with van der Waals surface area (Å²) in [6.45, 7) is 4.67. The van der Waals surface area contributed by atoms with Crippen LogP contribution in [0.25, 0.3) is 0 Å². The highest BCUT2D eigenvalue weighted by Crippen LogP contribution is 2.20. The lowest BCUT2D eigenvalue weighted by atomic mass is 9.93. The van der Waals surface area contributed by atoms with Crippen LogP contribution in [0.1, 0.15) is 194 Å². The van der Waals surface area contributed by atoms with E-state index < -0.39 is 313 Å². The van der Waals surface area contributed by atoms with E-state index in [1.54, 1.807) is 6.92 Å². The van der Waals surface area contributed by atoms with E-state index in [9.17, 15) is 157 Å². The van der Waals surface area contributed by atoms with Crippen molar-refractivity contribution in [3.8, 4) is 0 Å². The number of carboxylic acids is 10. The molecule has 0 spiro atoms. The zero-order valence-corrected chi connectivity index (χ0v) is 57.1. The van der Waals surface area contributed by atoms with Crippen molar-refractivity contribution in [2.45, 2.75) is 230 Å². The fraction of sp³-hybridized carbons (Fsp3) is 0.656. The van der Waals surface area contributed by atoms with E-state index in [0.29, 0.717) is 19.3 Å². The molecule has 0 saturated carbocycles. The Morgan fingerprint density at radius 3 is 0.680 bits per heavy atom. The molecule has 0 heterocycles. The Morgan fingerprint density at radius 1 is 0.252 bits per heavy atom. The van der Waals surface area contributed by atoms with Crippen molar-refractivity contribution in [3.05, 3.63) is 0 Å². The van der Waals surface area contributed by atoms with E-state index in [2.05, 4.69) is 26.6 Å². The molecule has 0 aromatic rings. The van der Waals surface area contributed by atoms with Crippen LogP contribution in [0.3, 0.4) is 0 Å². The van der Waals surface area contributed by atoms with E-state index in [1.165, 1.54) is 6.92 Å². The number of hydrogen-bond acceptors (Lipinski definition) is 22. The number of ketones is 5. The average Bonchev–Trinajstić information content (AvgIpc) is 0.916. The van der Waals surface area contributed by atoms with Gasteiger partial charge in [-0.15, -0.1) is 0 Å². The number of carbonyl (C=O) groups excluding carboxylic acids is 12. The maximum atomic E-state index is 12.9. The Bertz CT molecular complexity index is 3090. The largest absolute Gasteiger partial charge is 0.481 e. The molecule has 0 bridgehead atoms. The van der Waals surface area contributed by atoms with Gasteiger partial charge in [0.1, 0.15) is 65.2 Å². The van der Waals surface area contributed by atoms with Crippen LogP contribution in [0.4, 0.5) is 0 Å². The standard InChI is InChI=1S/C64H93N7O32/c1-32(34(3)73)6-4-5-27-65-48(77)24-17-45(62(98)99)69-51(80)22-9-37(57(88)89)30-40(75)12-15-43(60(94)95)67-50(79)21-8-36(56(86)87)29-41(76)13-16-44(61(96)97)68-53(82)25-19-47(64(102)103)71-54(83)26-18-46(63(100)101)70-52(81)23-10-38(58(90)91)31-39(74)11-14-42(59(92)93)66-49(78)20-7-35(55(84)85)28-33(2)72/h32,35-38,42-47H,4-31H2,1-3H3,(H,65,77)(H,66,78)(H,67,79)(H,68,82)(H,69,80)(H,70,81)(H,71,83)(H,84,85)(H,86,87)(H,88,89)(H,90,91)(H,92,93)(H,94,95)(H,96,97)(H,98,99)(H,100,101)(H,102,103)/t32-,35+,36+,37+,38+,42-,43-,44-,45-,46-,47-/m0/s1. The number of aliphatic carboxylic acids is 10. The predicted octanol–water partition coefficient (Wildman–Crippen LogP) is -0.624. The molecule has 7 amide bonds. The third-order valence-corrected chi connectivity index (χ3v) is 16.2. The Kier molecular flexibility index (Phi) is 43.9. The number of unbranched alkanes of at least 4 members (excludes halogenated alkanes) is 1. The molecule has 0 aliphatic heterocycles. The van der Waals surface area contributed by atoms with Gasteiger partial charge in [-0.2, -0.15) is 0 Å². The molecule has 17 N–H and O–H groups in total. The van der Waals surface area contributed by atoms with Crippen molar-refractivity contribution in [1.82, 2.24) is 37.2 Å². The number of carboxylic acid groups (broad SMARTS) is 10. The van der Waals surface area contributed by atoms with Gasteiger partial charge < -0.3 is 93.1 Å². The molecule has 0 aliphatic carbocycles. The fourth-order valence-corrected chi connectivity index (χ4v) is 9.93. The second-order valence-corrected chi connectivity index (χ2v) is 24.8. The van der Waals surface area contributed by atoms with Crippen molar-refractivity contribution < 1.29 is 157 Å². The highest BCUT2D eigenvalue weighted by atomic mass is 16.4. The normalized spacial score (nSPS) is 14.1. The van der Waals surface area contributed by atoms with Gasteiger partial charge in [0, 0.05) is 102 Å². The molecule has 39 nitrogen and oxygen atoms in total. The van der Waals surface area contributed by atoms with Gasteiger partial charge in [0.15, 0.2) is 0 Å². The van der Waals surface area contributed by atoms with E-state index in [-0.39, 0.29) is 43.9 Å². The van der Waals surface area contributed by atoms with E-state index in [4.69, 9.17) is 0 Å². The summed E-state index contributed by atoms with van der Waals surface area (Å²) in [4.78, 5) is 269. The first-order valence-electron chi connectivity index (χ1n) is 32.9. The van der Waals surface area contributed by atoms with Gasteiger partial charge in [-0.3, -0.25) is 71.9 Å². The Morgan fingerprint density at radius 2 is 0.466 bits per heavy atom. The fourth-order valence-electron chi connectivity index (χ4n) is 9.93. The Hall–Kier alpha value is -10.7. The molecule has 0 saturated heterocycles. The first-order valence-corrected chi connectivity index (χ1v) is 32.9. The maximum Gasteiger partial charge on any atom is 0.326 e. The van der Waals surface area contributed by atoms with Gasteiger partial charge >= 0.3 is 59.7 Å². The molecule has 103 heavy (non-hydrogen) atoms. The quantitative estimate of drug-likeness (QED) is 0.0337. The van der Waals surface area contributed by atoms with Gasteiger partial charge in [-0.1, -0.05) is 13.3 Å². The molecule has 11 atom stereocenters. The number of Topliss-reactive ketones (excluding diaryl/α,β-unsaturated/α-hetero) is 5. The van der Waals surface area contributed by atoms with Crippen molar-refractivity contribution >= 4 is 130 Å². The summed E-state index contributed by atoms with van der Waals surface area (Å²) in [5.41, 5.74) is 0. The molecule has 0 aliphatic rings. The minimum atomic E-state index is -1.85. The van der Waals surface area contributed by atoms with Crippen LogP contribution < -0.4 is 37.2 Å². The first-order chi connectivity index (χ1) is 48.0. The first kappa shape index (κ1) is 92.3. The van der Waals surface area contributed by atoms with Gasteiger partial charge in [0.05, 0.1) is 23.7 Å². The predicted molar refractivity (Wildman–Crippen MR) is 345 cm³/mol. The van der Waals surface area contributed by atoms with Gasteiger partial charge in [0.2, 0.25) is 41.4 Å². The van der Waals surface area contributed by atoms with Crippen LogP contribution in [0, 0.1) is 29.6 Å². The zero-order chi connectivity index (χ0) is 78.8. The number of amides is 7. The average molecular weight is 1470 g/mol. The van der Waals surface area contributed by atoms with Crippen LogP contribution in [-0.2, 0) is 105 Å². The van der Waals surface area contributed by atoms with Crippen LogP contribution in [-0.4, -0.2) is 224 Å². The molecule has 0 radical (unpaired) electrons. The molecule has 576 valence electrons. The van der Waals surface area contributed by atoms with Gasteiger partial charge in [-0.05, 0) is 90.9 Å². The maximum absolute atomic E-state index is 12.9. The number of nitrogens with one attached hydrogen (secondary N) is 7. The summed E-state index contributed by atoms with van der Waals surface area (Å²) < 4.78 is 0. The third-order valence-electron chi connectivity index (χ3n) is 16.2. The third kappa shape index (κ3) is 42.3. The molecular weight excluding hydrogens is 1380 g/mol. The minimum Gasteiger partial charge on any atom is -0.481 e. The smallest absolute Gasteiger partial charge is 0.326 e. The van der Waals surface area contributed by atoms with Crippen molar-refractivity contribution in [2.75, 3.05) is 6.54 Å².